The van der Waals surface area contributed by atoms with Gasteiger partial charge in [0.25, 0.3) is 5.91 Å². The smallest absolute Gasteiger partial charge is 0.258 e. The van der Waals surface area contributed by atoms with Crippen LogP contribution in [0.2, 0.25) is 5.02 Å². The molecule has 3 aromatic rings. The molecule has 2 amide bonds. The molecule has 0 spiro atoms. The second-order valence-corrected chi connectivity index (χ2v) is 8.92. The van der Waals surface area contributed by atoms with Crippen molar-refractivity contribution in [1.29, 1.82) is 0 Å². The largest absolute Gasteiger partial charge is 0.483 e. The van der Waals surface area contributed by atoms with Crippen LogP contribution in [0.1, 0.15) is 22.5 Å². The topological polar surface area (TPSA) is 98.1 Å². The van der Waals surface area contributed by atoms with Crippen LogP contribution in [0.3, 0.4) is 0 Å². The third-order valence-corrected chi connectivity index (χ3v) is 6.18. The molecule has 3 rings (SSSR count). The van der Waals surface area contributed by atoms with Crippen molar-refractivity contribution in [2.75, 3.05) is 17.7 Å². The Morgan fingerprint density at radius 3 is 2.48 bits per heavy atom. The van der Waals surface area contributed by atoms with E-state index in [-0.39, 0.29) is 30.7 Å². The van der Waals surface area contributed by atoms with E-state index in [1.807, 2.05) is 39.0 Å². The first-order valence-electron chi connectivity index (χ1n) is 10.3. The zero-order valence-corrected chi connectivity index (χ0v) is 20.5. The fourth-order valence-electron chi connectivity index (χ4n) is 3.10. The molecule has 1 aromatic heterocycles. The van der Waals surface area contributed by atoms with Gasteiger partial charge in [0.2, 0.25) is 5.91 Å². The van der Waals surface area contributed by atoms with E-state index in [1.165, 1.54) is 11.8 Å². The number of rotatable bonds is 9. The average molecular weight is 488 g/mol. The summed E-state index contributed by atoms with van der Waals surface area (Å²) in [5.41, 5.74) is 3.56. The Kier molecular flexibility index (Phi) is 8.35. The fourth-order valence-corrected chi connectivity index (χ4v) is 4.06. The van der Waals surface area contributed by atoms with Crippen molar-refractivity contribution in [3.8, 4) is 5.75 Å². The quantitative estimate of drug-likeness (QED) is 0.445. The molecule has 10 heteroatoms. The second kappa shape index (κ2) is 11.2. The van der Waals surface area contributed by atoms with E-state index < -0.39 is 0 Å². The highest BCUT2D eigenvalue weighted by Crippen LogP contribution is 2.22. The Labute approximate surface area is 202 Å². The van der Waals surface area contributed by atoms with E-state index in [1.54, 1.807) is 29.8 Å². The number of hydrogen-bond acceptors (Lipinski definition) is 6. The molecular weight excluding hydrogens is 462 g/mol. The monoisotopic (exact) mass is 487 g/mol. The molecule has 0 aliphatic heterocycles. The molecule has 33 heavy (non-hydrogen) atoms. The summed E-state index contributed by atoms with van der Waals surface area (Å²) in [4.78, 5) is 24.5. The number of aryl methyl sites for hydroxylation is 3. The lowest BCUT2D eigenvalue weighted by Crippen LogP contribution is -2.29. The first-order valence-corrected chi connectivity index (χ1v) is 11.6. The van der Waals surface area contributed by atoms with Crippen molar-refractivity contribution in [3.05, 3.63) is 63.9 Å². The number of benzene rings is 2. The predicted molar refractivity (Wildman–Crippen MR) is 130 cm³/mol. The minimum Gasteiger partial charge on any atom is -0.483 e. The van der Waals surface area contributed by atoms with Gasteiger partial charge in [-0.15, -0.1) is 10.2 Å². The second-order valence-electron chi connectivity index (χ2n) is 7.54. The Hall–Kier alpha value is -3.04. The molecule has 0 saturated carbocycles. The van der Waals surface area contributed by atoms with Crippen LogP contribution in [0.25, 0.3) is 0 Å². The Morgan fingerprint density at radius 2 is 1.79 bits per heavy atom. The normalized spacial score (nSPS) is 10.7. The molecule has 0 saturated heterocycles. The summed E-state index contributed by atoms with van der Waals surface area (Å²) in [6.45, 7) is 5.88. The summed E-state index contributed by atoms with van der Waals surface area (Å²) in [6, 6.07) is 11.1. The van der Waals surface area contributed by atoms with Crippen LogP contribution in [0.4, 0.5) is 5.69 Å². The summed E-state index contributed by atoms with van der Waals surface area (Å²) < 4.78 is 7.42. The molecule has 8 nitrogen and oxygen atoms in total. The van der Waals surface area contributed by atoms with Crippen LogP contribution in [0, 0.1) is 20.8 Å². The Balaban J connectivity index is 1.47. The van der Waals surface area contributed by atoms with E-state index in [0.29, 0.717) is 16.0 Å². The molecule has 2 N–H and O–H groups in total. The van der Waals surface area contributed by atoms with Crippen molar-refractivity contribution in [2.45, 2.75) is 32.5 Å². The molecule has 0 unspecified atom stereocenters. The summed E-state index contributed by atoms with van der Waals surface area (Å²) in [7, 11) is 1.79. The molecule has 0 bridgehead atoms. The van der Waals surface area contributed by atoms with Crippen molar-refractivity contribution >= 4 is 40.9 Å². The van der Waals surface area contributed by atoms with Crippen LogP contribution in [0.5, 0.6) is 5.75 Å². The van der Waals surface area contributed by atoms with Gasteiger partial charge in [-0.25, -0.2) is 0 Å². The highest BCUT2D eigenvalue weighted by molar-refractivity contribution is 7.99. The number of nitrogens with zero attached hydrogens (tertiary/aromatic N) is 3. The number of nitrogens with one attached hydrogen (secondary N) is 2. The fraction of sp³-hybridized carbons (Fsp3) is 0.304. The average Bonchev–Trinajstić information content (AvgIpc) is 3.12. The maximum Gasteiger partial charge on any atom is 0.258 e. The SMILES string of the molecule is Cc1cc(Cl)ccc1NC(=O)CSc1nnc(CNC(=O)COc2c(C)cccc2C)n1C. The maximum atomic E-state index is 12.3. The van der Waals surface area contributed by atoms with E-state index in [0.717, 1.165) is 28.1 Å². The number of carbonyl (C=O) groups excluding carboxylic acids is 2. The van der Waals surface area contributed by atoms with Gasteiger partial charge in [-0.05, 0) is 55.7 Å². The zero-order chi connectivity index (χ0) is 24.0. The van der Waals surface area contributed by atoms with Crippen LogP contribution in [-0.4, -0.2) is 38.9 Å². The van der Waals surface area contributed by atoms with Gasteiger partial charge in [0, 0.05) is 17.8 Å². The molecule has 0 aliphatic rings. The van der Waals surface area contributed by atoms with Crippen molar-refractivity contribution in [3.63, 3.8) is 0 Å². The van der Waals surface area contributed by atoms with E-state index in [4.69, 9.17) is 16.3 Å². The van der Waals surface area contributed by atoms with Crippen LogP contribution in [-0.2, 0) is 23.2 Å². The zero-order valence-electron chi connectivity index (χ0n) is 18.9. The summed E-state index contributed by atoms with van der Waals surface area (Å²) in [5.74, 6) is 1.05. The molecule has 0 radical (unpaired) electrons. The number of hydrogen-bond donors (Lipinski definition) is 2. The first-order chi connectivity index (χ1) is 15.7. The molecule has 0 fully saturated rings. The standard InChI is InChI=1S/C23H26ClN5O3S/c1-14-6-5-7-15(2)22(14)32-12-20(30)25-11-19-27-28-23(29(19)4)33-13-21(31)26-18-9-8-17(24)10-16(18)3/h5-10H,11-13H2,1-4H3,(H,25,30)(H,26,31). The van der Waals surface area contributed by atoms with Crippen LogP contribution >= 0.6 is 23.4 Å². The Morgan fingerprint density at radius 1 is 1.06 bits per heavy atom. The van der Waals surface area contributed by atoms with Crippen molar-refractivity contribution in [1.82, 2.24) is 20.1 Å². The molecule has 0 atom stereocenters. The number of aromatic nitrogens is 3. The number of halogens is 1. The van der Waals surface area contributed by atoms with Gasteiger partial charge >= 0.3 is 0 Å². The Bertz CT molecular complexity index is 1140. The van der Waals surface area contributed by atoms with Gasteiger partial charge < -0.3 is 19.9 Å². The highest BCUT2D eigenvalue weighted by atomic mass is 35.5. The predicted octanol–water partition coefficient (Wildman–Crippen LogP) is 3.82. The van der Waals surface area contributed by atoms with Crippen LogP contribution < -0.4 is 15.4 Å². The van der Waals surface area contributed by atoms with E-state index in [9.17, 15) is 9.59 Å². The lowest BCUT2D eigenvalue weighted by atomic mass is 10.1. The highest BCUT2D eigenvalue weighted by Gasteiger charge is 2.14. The van der Waals surface area contributed by atoms with Gasteiger partial charge in [0.05, 0.1) is 12.3 Å². The third kappa shape index (κ3) is 6.72. The summed E-state index contributed by atoms with van der Waals surface area (Å²) >= 11 is 7.21. The summed E-state index contributed by atoms with van der Waals surface area (Å²) in [5, 5.41) is 15.1. The maximum absolute atomic E-state index is 12.3. The van der Waals surface area contributed by atoms with Crippen molar-refractivity contribution < 1.29 is 14.3 Å². The number of anilines is 1. The molecule has 0 aliphatic carbocycles. The van der Waals surface area contributed by atoms with Gasteiger partial charge in [-0.1, -0.05) is 41.6 Å². The first kappa shape index (κ1) is 24.6. The minimum absolute atomic E-state index is 0.0879. The summed E-state index contributed by atoms with van der Waals surface area (Å²) in [6.07, 6.45) is 0. The van der Waals surface area contributed by atoms with E-state index >= 15 is 0 Å². The van der Waals surface area contributed by atoms with Gasteiger partial charge in [-0.2, -0.15) is 0 Å². The van der Waals surface area contributed by atoms with Crippen molar-refractivity contribution in [2.24, 2.45) is 7.05 Å². The van der Waals surface area contributed by atoms with Gasteiger partial charge in [0.15, 0.2) is 17.6 Å². The molecule has 174 valence electrons. The molecule has 1 heterocycles. The molecular formula is C23H26ClN5O3S. The number of para-hydroxylation sites is 1. The lowest BCUT2D eigenvalue weighted by Gasteiger charge is -2.12. The minimum atomic E-state index is -0.257. The number of thioether (sulfide) groups is 1. The van der Waals surface area contributed by atoms with Crippen LogP contribution in [0.15, 0.2) is 41.6 Å². The molecule has 2 aromatic carbocycles. The number of amides is 2. The number of ether oxygens (including phenoxy) is 1. The third-order valence-electron chi connectivity index (χ3n) is 4.92. The van der Waals surface area contributed by atoms with Gasteiger partial charge in [0.1, 0.15) is 5.75 Å². The van der Waals surface area contributed by atoms with Gasteiger partial charge in [-0.3, -0.25) is 9.59 Å². The number of carbonyl (C=O) groups is 2. The van der Waals surface area contributed by atoms with E-state index in [2.05, 4.69) is 20.8 Å². The lowest BCUT2D eigenvalue weighted by molar-refractivity contribution is -0.123.